The van der Waals surface area contributed by atoms with Gasteiger partial charge in [-0.3, -0.25) is 4.98 Å². The van der Waals surface area contributed by atoms with E-state index in [1.54, 1.807) is 12.3 Å². The third-order valence-corrected chi connectivity index (χ3v) is 5.64. The monoisotopic (exact) mass is 272 g/mol. The van der Waals surface area contributed by atoms with E-state index in [4.69, 9.17) is 0 Å². The Morgan fingerprint density at radius 3 is 3.12 bits per heavy atom. The van der Waals surface area contributed by atoms with Gasteiger partial charge in [-0.1, -0.05) is 6.92 Å². The Balaban J connectivity index is 2.18. The molecule has 94 valence electrons. The van der Waals surface area contributed by atoms with Crippen molar-refractivity contribution >= 4 is 23.5 Å². The summed E-state index contributed by atoms with van der Waals surface area (Å²) in [5.41, 5.74) is 0.752. The topological polar surface area (TPSA) is 24.9 Å². The Labute approximate surface area is 110 Å². The molecule has 2 atom stereocenters. The summed E-state index contributed by atoms with van der Waals surface area (Å²) >= 11 is 3.90. The summed E-state index contributed by atoms with van der Waals surface area (Å²) in [4.78, 5) is 3.82. The van der Waals surface area contributed by atoms with Crippen molar-refractivity contribution in [3.8, 4) is 0 Å². The normalized spacial score (nSPS) is 22.4. The highest BCUT2D eigenvalue weighted by atomic mass is 32.2. The largest absolute Gasteiger partial charge is 0.309 e. The Kier molecular flexibility index (Phi) is 5.13. The molecule has 1 N–H and O–H groups in total. The maximum Gasteiger partial charge on any atom is 0.146 e. The van der Waals surface area contributed by atoms with Gasteiger partial charge in [0, 0.05) is 40.3 Å². The van der Waals surface area contributed by atoms with Crippen LogP contribution in [-0.2, 0) is 0 Å². The zero-order chi connectivity index (χ0) is 12.1. The molecule has 2 unspecified atom stereocenters. The van der Waals surface area contributed by atoms with Crippen LogP contribution in [0.2, 0.25) is 0 Å². The summed E-state index contributed by atoms with van der Waals surface area (Å²) in [7, 11) is 0. The highest BCUT2D eigenvalue weighted by Gasteiger charge is 2.27. The molecule has 0 aromatic carbocycles. The van der Waals surface area contributed by atoms with Gasteiger partial charge < -0.3 is 5.32 Å². The SMILES string of the molecule is CCNC(c1ccncc1F)C1CSCCS1. The molecule has 5 heteroatoms. The molecule has 0 radical (unpaired) electrons. The minimum atomic E-state index is -0.199. The van der Waals surface area contributed by atoms with E-state index in [2.05, 4.69) is 17.2 Å². The molecule has 1 aromatic rings. The van der Waals surface area contributed by atoms with Crippen molar-refractivity contribution in [3.63, 3.8) is 0 Å². The zero-order valence-electron chi connectivity index (χ0n) is 9.86. The number of nitrogens with zero attached hydrogens (tertiary/aromatic N) is 1. The van der Waals surface area contributed by atoms with Crippen LogP contribution in [0, 0.1) is 5.82 Å². The summed E-state index contributed by atoms with van der Waals surface area (Å²) < 4.78 is 13.8. The van der Waals surface area contributed by atoms with E-state index in [1.807, 2.05) is 23.5 Å². The Bertz CT molecular complexity index is 356. The van der Waals surface area contributed by atoms with Crippen LogP contribution in [0.5, 0.6) is 0 Å². The second-order valence-corrected chi connectivity index (χ2v) is 6.41. The van der Waals surface area contributed by atoms with Gasteiger partial charge in [-0.2, -0.15) is 23.5 Å². The molecule has 1 fully saturated rings. The molecule has 1 aromatic heterocycles. The van der Waals surface area contributed by atoms with Crippen LogP contribution >= 0.6 is 23.5 Å². The van der Waals surface area contributed by atoms with Crippen LogP contribution in [0.1, 0.15) is 18.5 Å². The highest BCUT2D eigenvalue weighted by molar-refractivity contribution is 8.06. The molecule has 0 saturated carbocycles. The average Bonchev–Trinajstić information content (AvgIpc) is 2.38. The fourth-order valence-corrected chi connectivity index (χ4v) is 4.86. The lowest BCUT2D eigenvalue weighted by Crippen LogP contribution is -2.34. The molecule has 1 aliphatic rings. The van der Waals surface area contributed by atoms with Gasteiger partial charge in [0.15, 0.2) is 0 Å². The summed E-state index contributed by atoms with van der Waals surface area (Å²) in [6.07, 6.45) is 2.98. The van der Waals surface area contributed by atoms with Crippen molar-refractivity contribution in [3.05, 3.63) is 29.8 Å². The average molecular weight is 272 g/mol. The van der Waals surface area contributed by atoms with E-state index in [-0.39, 0.29) is 11.9 Å². The standard InChI is InChI=1S/C12H17FN2S2/c1-2-15-12(11-8-16-5-6-17-11)9-3-4-14-7-10(9)13/h3-4,7,11-12,15H,2,5-6,8H2,1H3. The Morgan fingerprint density at radius 1 is 1.59 bits per heavy atom. The number of thioether (sulfide) groups is 2. The van der Waals surface area contributed by atoms with Gasteiger partial charge in [-0.15, -0.1) is 0 Å². The van der Waals surface area contributed by atoms with Gasteiger partial charge in [0.2, 0.25) is 0 Å². The first-order valence-corrected chi connectivity index (χ1v) is 8.05. The molecule has 2 heterocycles. The highest BCUT2D eigenvalue weighted by Crippen LogP contribution is 2.34. The predicted octanol–water partition coefficient (Wildman–Crippen LogP) is 2.72. The molecule has 17 heavy (non-hydrogen) atoms. The van der Waals surface area contributed by atoms with Crippen molar-refractivity contribution in [1.82, 2.24) is 10.3 Å². The van der Waals surface area contributed by atoms with Crippen LogP contribution in [-0.4, -0.2) is 34.0 Å². The predicted molar refractivity (Wildman–Crippen MR) is 74.2 cm³/mol. The maximum atomic E-state index is 13.8. The van der Waals surface area contributed by atoms with Crippen molar-refractivity contribution in [2.24, 2.45) is 0 Å². The molecule has 0 bridgehead atoms. The van der Waals surface area contributed by atoms with E-state index >= 15 is 0 Å². The first-order chi connectivity index (χ1) is 8.33. The summed E-state index contributed by atoms with van der Waals surface area (Å²) in [5.74, 6) is 3.25. The molecule has 2 rings (SSSR count). The van der Waals surface area contributed by atoms with Gasteiger partial charge in [0.1, 0.15) is 5.82 Å². The minimum Gasteiger partial charge on any atom is -0.309 e. The first-order valence-electron chi connectivity index (χ1n) is 5.85. The van der Waals surface area contributed by atoms with Crippen LogP contribution in [0.3, 0.4) is 0 Å². The Morgan fingerprint density at radius 2 is 2.47 bits per heavy atom. The number of hydrogen-bond donors (Lipinski definition) is 1. The van der Waals surface area contributed by atoms with Crippen LogP contribution in [0.15, 0.2) is 18.5 Å². The first kappa shape index (κ1) is 13.2. The van der Waals surface area contributed by atoms with E-state index in [0.717, 1.165) is 23.6 Å². The van der Waals surface area contributed by atoms with Crippen LogP contribution in [0.4, 0.5) is 4.39 Å². The lowest BCUT2D eigenvalue weighted by molar-refractivity contribution is 0.508. The number of hydrogen-bond acceptors (Lipinski definition) is 4. The number of pyridine rings is 1. The van der Waals surface area contributed by atoms with E-state index in [1.165, 1.54) is 11.9 Å². The number of nitrogens with one attached hydrogen (secondary N) is 1. The smallest absolute Gasteiger partial charge is 0.146 e. The molecule has 2 nitrogen and oxygen atoms in total. The van der Waals surface area contributed by atoms with Gasteiger partial charge in [0.05, 0.1) is 6.20 Å². The molecule has 0 spiro atoms. The van der Waals surface area contributed by atoms with Crippen molar-refractivity contribution < 1.29 is 4.39 Å². The Hall–Kier alpha value is -0.260. The number of rotatable bonds is 4. The van der Waals surface area contributed by atoms with Crippen LogP contribution in [0.25, 0.3) is 0 Å². The van der Waals surface area contributed by atoms with Crippen LogP contribution < -0.4 is 5.32 Å². The third-order valence-electron chi connectivity index (χ3n) is 2.78. The summed E-state index contributed by atoms with van der Waals surface area (Å²) in [6.45, 7) is 2.92. The fourth-order valence-electron chi connectivity index (χ4n) is 2.00. The zero-order valence-corrected chi connectivity index (χ0v) is 11.5. The van der Waals surface area contributed by atoms with Crippen molar-refractivity contribution in [2.45, 2.75) is 18.2 Å². The van der Waals surface area contributed by atoms with E-state index < -0.39 is 0 Å². The quantitative estimate of drug-likeness (QED) is 0.911. The van der Waals surface area contributed by atoms with E-state index in [0.29, 0.717) is 5.25 Å². The summed E-state index contributed by atoms with van der Waals surface area (Å²) in [6, 6.07) is 1.89. The summed E-state index contributed by atoms with van der Waals surface area (Å²) in [5, 5.41) is 3.86. The fraction of sp³-hybridized carbons (Fsp3) is 0.583. The maximum absolute atomic E-state index is 13.8. The van der Waals surface area contributed by atoms with Gasteiger partial charge >= 0.3 is 0 Å². The molecular weight excluding hydrogens is 255 g/mol. The van der Waals surface area contributed by atoms with Gasteiger partial charge in [-0.25, -0.2) is 4.39 Å². The third kappa shape index (κ3) is 3.36. The lowest BCUT2D eigenvalue weighted by Gasteiger charge is -2.30. The minimum absolute atomic E-state index is 0.0980. The molecule has 1 saturated heterocycles. The van der Waals surface area contributed by atoms with Crippen molar-refractivity contribution in [1.29, 1.82) is 0 Å². The second-order valence-electron chi connectivity index (χ2n) is 3.92. The molecule has 0 aliphatic carbocycles. The van der Waals surface area contributed by atoms with Gasteiger partial charge in [-0.05, 0) is 12.6 Å². The number of halogens is 1. The molecular formula is C12H17FN2S2. The molecule has 1 aliphatic heterocycles. The lowest BCUT2D eigenvalue weighted by atomic mass is 10.1. The second kappa shape index (κ2) is 6.61. The van der Waals surface area contributed by atoms with E-state index in [9.17, 15) is 4.39 Å². The molecule has 0 amide bonds. The van der Waals surface area contributed by atoms with Crippen molar-refractivity contribution in [2.75, 3.05) is 23.8 Å². The van der Waals surface area contributed by atoms with Gasteiger partial charge in [0.25, 0.3) is 0 Å². The number of aromatic nitrogens is 1.